The lowest BCUT2D eigenvalue weighted by Crippen LogP contribution is -2.11. The highest BCUT2D eigenvalue weighted by molar-refractivity contribution is 6.37. The average molecular weight is 486 g/mol. The smallest absolute Gasteiger partial charge is 0.338 e. The zero-order chi connectivity index (χ0) is 25.2. The van der Waals surface area contributed by atoms with Gasteiger partial charge in [-0.15, -0.1) is 0 Å². The van der Waals surface area contributed by atoms with Crippen LogP contribution in [0.1, 0.15) is 34.0 Å². The summed E-state index contributed by atoms with van der Waals surface area (Å²) in [4.78, 5) is 27.6. The van der Waals surface area contributed by atoms with Crippen molar-refractivity contribution < 1.29 is 23.8 Å². The number of carbonyl (C=O) groups excluding carboxylic acids is 2. The van der Waals surface area contributed by atoms with E-state index in [1.54, 1.807) is 25.1 Å². The van der Waals surface area contributed by atoms with Crippen LogP contribution in [0.3, 0.4) is 0 Å². The molecule has 0 saturated carbocycles. The molecule has 2 N–H and O–H groups in total. The number of rotatable bonds is 7. The molecule has 2 aliphatic heterocycles. The molecule has 8 nitrogen and oxygen atoms in total. The van der Waals surface area contributed by atoms with Gasteiger partial charge in [0.25, 0.3) is 5.91 Å². The standard InChI is InChI=1S/C28H27N3O5/c1-4-34-28(33)19-7-11-21-22(13-19)30-27(32)25(21)26(18-8-12-23-24(14-18)36-16-35-23)29-20-9-5-17(6-10-20)15-31(2)3/h5-14,29H,4,15-16H2,1-3H3,(H,30,32)/b26-25-. The summed E-state index contributed by atoms with van der Waals surface area (Å²) >= 11 is 0. The third-order valence-electron chi connectivity index (χ3n) is 5.91. The fourth-order valence-electron chi connectivity index (χ4n) is 4.30. The van der Waals surface area contributed by atoms with E-state index < -0.39 is 5.97 Å². The topological polar surface area (TPSA) is 89.1 Å². The maximum atomic E-state index is 13.3. The van der Waals surface area contributed by atoms with Gasteiger partial charge in [0.15, 0.2) is 11.5 Å². The van der Waals surface area contributed by atoms with Crippen molar-refractivity contribution in [2.45, 2.75) is 13.5 Å². The number of carbonyl (C=O) groups is 2. The third kappa shape index (κ3) is 4.63. The molecule has 8 heteroatoms. The Kier molecular flexibility index (Phi) is 6.35. The highest BCUT2D eigenvalue weighted by atomic mass is 16.7. The number of ether oxygens (including phenoxy) is 3. The predicted molar refractivity (Wildman–Crippen MR) is 138 cm³/mol. The second kappa shape index (κ2) is 9.75. The molecule has 0 spiro atoms. The zero-order valence-corrected chi connectivity index (χ0v) is 20.4. The lowest BCUT2D eigenvalue weighted by molar-refractivity contribution is -0.110. The van der Waals surface area contributed by atoms with E-state index in [0.29, 0.717) is 39.6 Å². The van der Waals surface area contributed by atoms with E-state index in [1.807, 2.05) is 44.4 Å². The van der Waals surface area contributed by atoms with Crippen molar-refractivity contribution >= 4 is 34.5 Å². The number of nitrogens with one attached hydrogen (secondary N) is 2. The third-order valence-corrected chi connectivity index (χ3v) is 5.91. The van der Waals surface area contributed by atoms with Crippen LogP contribution >= 0.6 is 0 Å². The molecule has 3 aromatic carbocycles. The molecule has 1 amide bonds. The highest BCUT2D eigenvalue weighted by Crippen LogP contribution is 2.41. The van der Waals surface area contributed by atoms with Crippen LogP contribution in [-0.2, 0) is 16.1 Å². The van der Waals surface area contributed by atoms with Crippen molar-refractivity contribution in [2.75, 3.05) is 38.1 Å². The summed E-state index contributed by atoms with van der Waals surface area (Å²) in [5.74, 6) is 0.575. The molecule has 0 fully saturated rings. The van der Waals surface area contributed by atoms with Gasteiger partial charge in [-0.2, -0.15) is 0 Å². The number of nitrogens with zero attached hydrogens (tertiary/aromatic N) is 1. The van der Waals surface area contributed by atoms with Crippen LogP contribution in [-0.4, -0.2) is 44.3 Å². The van der Waals surface area contributed by atoms with Crippen LogP contribution in [0.5, 0.6) is 11.5 Å². The first-order valence-corrected chi connectivity index (χ1v) is 11.7. The Morgan fingerprint density at radius 3 is 2.50 bits per heavy atom. The molecule has 184 valence electrons. The summed E-state index contributed by atoms with van der Waals surface area (Å²) in [6, 6.07) is 18.8. The monoisotopic (exact) mass is 485 g/mol. The fraction of sp³-hybridized carbons (Fsp3) is 0.214. The van der Waals surface area contributed by atoms with Crippen molar-refractivity contribution in [1.82, 2.24) is 4.90 Å². The Labute approximate surface area is 209 Å². The second-order valence-electron chi connectivity index (χ2n) is 8.81. The summed E-state index contributed by atoms with van der Waals surface area (Å²) < 4.78 is 16.2. The average Bonchev–Trinajstić information content (AvgIpc) is 3.46. The first-order chi connectivity index (χ1) is 17.4. The van der Waals surface area contributed by atoms with Crippen LogP contribution in [0, 0.1) is 0 Å². The Hall–Kier alpha value is -4.30. The molecule has 2 heterocycles. The number of hydrogen-bond acceptors (Lipinski definition) is 7. The maximum absolute atomic E-state index is 13.3. The Morgan fingerprint density at radius 2 is 1.75 bits per heavy atom. The fourth-order valence-corrected chi connectivity index (χ4v) is 4.30. The van der Waals surface area contributed by atoms with Gasteiger partial charge in [0.1, 0.15) is 0 Å². The molecule has 0 atom stereocenters. The van der Waals surface area contributed by atoms with Gasteiger partial charge in [0.05, 0.1) is 29.1 Å². The molecule has 0 saturated heterocycles. The summed E-state index contributed by atoms with van der Waals surface area (Å²) in [6.45, 7) is 3.02. The number of amides is 1. The van der Waals surface area contributed by atoms with Crippen molar-refractivity contribution in [3.8, 4) is 11.5 Å². The van der Waals surface area contributed by atoms with E-state index in [4.69, 9.17) is 14.2 Å². The Morgan fingerprint density at radius 1 is 1.00 bits per heavy atom. The summed E-state index contributed by atoms with van der Waals surface area (Å²) in [5, 5.41) is 6.35. The van der Waals surface area contributed by atoms with Crippen molar-refractivity contribution in [2.24, 2.45) is 0 Å². The van der Waals surface area contributed by atoms with Gasteiger partial charge in [-0.05, 0) is 69.0 Å². The van der Waals surface area contributed by atoms with Crippen LogP contribution in [0.15, 0.2) is 60.7 Å². The summed E-state index contributed by atoms with van der Waals surface area (Å²) in [7, 11) is 4.05. The number of benzene rings is 3. The van der Waals surface area contributed by atoms with E-state index in [-0.39, 0.29) is 19.3 Å². The van der Waals surface area contributed by atoms with Crippen molar-refractivity contribution in [3.63, 3.8) is 0 Å². The molecule has 0 bridgehead atoms. The second-order valence-corrected chi connectivity index (χ2v) is 8.81. The molecule has 5 rings (SSSR count). The molecule has 2 aliphatic rings. The van der Waals surface area contributed by atoms with Gasteiger partial charge in [0, 0.05) is 23.4 Å². The van der Waals surface area contributed by atoms with Crippen LogP contribution < -0.4 is 20.1 Å². The molecular formula is C28H27N3O5. The molecule has 0 radical (unpaired) electrons. The van der Waals surface area contributed by atoms with Gasteiger partial charge in [-0.1, -0.05) is 18.2 Å². The normalized spacial score (nSPS) is 14.9. The van der Waals surface area contributed by atoms with Gasteiger partial charge < -0.3 is 29.7 Å². The maximum Gasteiger partial charge on any atom is 0.338 e. The molecule has 0 aromatic heterocycles. The number of anilines is 2. The first kappa shape index (κ1) is 23.4. The molecule has 0 unspecified atom stereocenters. The molecule has 3 aromatic rings. The molecule has 0 aliphatic carbocycles. The summed E-state index contributed by atoms with van der Waals surface area (Å²) in [6.07, 6.45) is 0. The highest BCUT2D eigenvalue weighted by Gasteiger charge is 2.30. The van der Waals surface area contributed by atoms with Gasteiger partial charge in [-0.25, -0.2) is 4.79 Å². The van der Waals surface area contributed by atoms with Crippen molar-refractivity contribution in [3.05, 3.63) is 82.9 Å². The van der Waals surface area contributed by atoms with Gasteiger partial charge in [0.2, 0.25) is 6.79 Å². The first-order valence-electron chi connectivity index (χ1n) is 11.7. The predicted octanol–water partition coefficient (Wildman–Crippen LogP) is 4.59. The van der Waals surface area contributed by atoms with E-state index in [9.17, 15) is 9.59 Å². The van der Waals surface area contributed by atoms with Gasteiger partial charge in [-0.3, -0.25) is 4.79 Å². The quantitative estimate of drug-likeness (QED) is 0.374. The zero-order valence-electron chi connectivity index (χ0n) is 20.4. The lowest BCUT2D eigenvalue weighted by atomic mass is 9.98. The number of esters is 1. The lowest BCUT2D eigenvalue weighted by Gasteiger charge is -2.16. The SMILES string of the molecule is CCOC(=O)c1ccc2c(c1)NC(=O)/C2=C(\Nc1ccc(CN(C)C)cc1)c1ccc2c(c1)OCO2. The molecule has 36 heavy (non-hydrogen) atoms. The number of fused-ring (bicyclic) bond motifs is 2. The largest absolute Gasteiger partial charge is 0.462 e. The Bertz CT molecular complexity index is 1360. The van der Waals surface area contributed by atoms with Crippen LogP contribution in [0.4, 0.5) is 11.4 Å². The summed E-state index contributed by atoms with van der Waals surface area (Å²) in [5.41, 5.74) is 5.50. The van der Waals surface area contributed by atoms with Crippen molar-refractivity contribution in [1.29, 1.82) is 0 Å². The van der Waals surface area contributed by atoms with Crippen LogP contribution in [0.2, 0.25) is 0 Å². The Balaban J connectivity index is 1.59. The van der Waals surface area contributed by atoms with E-state index in [0.717, 1.165) is 17.8 Å². The van der Waals surface area contributed by atoms with Gasteiger partial charge >= 0.3 is 5.97 Å². The molecular weight excluding hydrogens is 458 g/mol. The minimum absolute atomic E-state index is 0.158. The number of hydrogen-bond donors (Lipinski definition) is 2. The minimum atomic E-state index is -0.432. The van der Waals surface area contributed by atoms with E-state index >= 15 is 0 Å². The van der Waals surface area contributed by atoms with Crippen LogP contribution in [0.25, 0.3) is 11.3 Å². The van der Waals surface area contributed by atoms with E-state index in [1.165, 1.54) is 5.56 Å². The minimum Gasteiger partial charge on any atom is -0.462 e. The van der Waals surface area contributed by atoms with E-state index in [2.05, 4.69) is 27.7 Å².